The van der Waals surface area contributed by atoms with Crippen molar-refractivity contribution in [1.29, 1.82) is 0 Å². The van der Waals surface area contributed by atoms with E-state index < -0.39 is 0 Å². The molecule has 0 aromatic heterocycles. The Morgan fingerprint density at radius 3 is 2.43 bits per heavy atom. The van der Waals surface area contributed by atoms with Crippen LogP contribution in [0.5, 0.6) is 5.75 Å². The maximum absolute atomic E-state index is 12.8. The zero-order chi connectivity index (χ0) is 15.1. The summed E-state index contributed by atoms with van der Waals surface area (Å²) in [4.78, 5) is 4.24. The van der Waals surface area contributed by atoms with E-state index in [9.17, 15) is 4.39 Å². The smallest absolute Gasteiger partial charge is 0.193 e. The van der Waals surface area contributed by atoms with Gasteiger partial charge >= 0.3 is 0 Å². The van der Waals surface area contributed by atoms with Crippen LogP contribution in [-0.2, 0) is 6.42 Å². The van der Waals surface area contributed by atoms with Gasteiger partial charge in [0.15, 0.2) is 5.96 Å². The molecule has 4 nitrogen and oxygen atoms in total. The van der Waals surface area contributed by atoms with Crippen LogP contribution in [0.25, 0.3) is 0 Å². The van der Waals surface area contributed by atoms with Gasteiger partial charge in [-0.15, -0.1) is 0 Å². The van der Waals surface area contributed by atoms with Crippen molar-refractivity contribution in [2.75, 3.05) is 19.0 Å². The molecule has 0 atom stereocenters. The standard InChI is InChI=1S/C16H18FN3O/c1-21-15-8-6-14(7-9-15)20-16(18)19-11-10-12-2-4-13(17)5-3-12/h2-9H,10-11H2,1H3,(H3,18,19,20). The van der Waals surface area contributed by atoms with Crippen molar-refractivity contribution in [2.45, 2.75) is 6.42 Å². The second kappa shape index (κ2) is 7.28. The van der Waals surface area contributed by atoms with Gasteiger partial charge in [-0.1, -0.05) is 12.1 Å². The van der Waals surface area contributed by atoms with Crippen molar-refractivity contribution in [1.82, 2.24) is 0 Å². The van der Waals surface area contributed by atoms with Crippen LogP contribution in [0.1, 0.15) is 5.56 Å². The molecule has 21 heavy (non-hydrogen) atoms. The van der Waals surface area contributed by atoms with Gasteiger partial charge < -0.3 is 15.8 Å². The highest BCUT2D eigenvalue weighted by Gasteiger charge is 1.97. The number of rotatable bonds is 5. The lowest BCUT2D eigenvalue weighted by Gasteiger charge is -2.06. The number of halogens is 1. The van der Waals surface area contributed by atoms with Gasteiger partial charge in [0.1, 0.15) is 11.6 Å². The summed E-state index contributed by atoms with van der Waals surface area (Å²) in [6.07, 6.45) is 0.714. The van der Waals surface area contributed by atoms with Gasteiger partial charge in [-0.05, 0) is 48.4 Å². The highest BCUT2D eigenvalue weighted by molar-refractivity contribution is 5.92. The predicted molar refractivity (Wildman–Crippen MR) is 83.2 cm³/mol. The average molecular weight is 287 g/mol. The summed E-state index contributed by atoms with van der Waals surface area (Å²) in [5.41, 5.74) is 7.68. The molecule has 0 heterocycles. The summed E-state index contributed by atoms with van der Waals surface area (Å²) in [7, 11) is 1.62. The number of benzene rings is 2. The van der Waals surface area contributed by atoms with Crippen LogP contribution in [0.15, 0.2) is 53.5 Å². The van der Waals surface area contributed by atoms with Crippen molar-refractivity contribution in [3.63, 3.8) is 0 Å². The number of aliphatic imine (C=N–C) groups is 1. The third-order valence-electron chi connectivity index (χ3n) is 2.96. The third-order valence-corrected chi connectivity index (χ3v) is 2.96. The summed E-state index contributed by atoms with van der Waals surface area (Å²) in [6.45, 7) is 0.542. The van der Waals surface area contributed by atoms with Gasteiger partial charge in [0.05, 0.1) is 7.11 Å². The van der Waals surface area contributed by atoms with Crippen LogP contribution >= 0.6 is 0 Å². The Morgan fingerprint density at radius 1 is 1.14 bits per heavy atom. The first-order valence-electron chi connectivity index (χ1n) is 6.63. The van der Waals surface area contributed by atoms with Crippen molar-refractivity contribution >= 4 is 11.6 Å². The monoisotopic (exact) mass is 287 g/mol. The summed E-state index contributed by atoms with van der Waals surface area (Å²) in [6, 6.07) is 13.8. The maximum Gasteiger partial charge on any atom is 0.193 e. The summed E-state index contributed by atoms with van der Waals surface area (Å²) >= 11 is 0. The number of guanidine groups is 1. The quantitative estimate of drug-likeness (QED) is 0.656. The fraction of sp³-hybridized carbons (Fsp3) is 0.188. The highest BCUT2D eigenvalue weighted by Crippen LogP contribution is 2.14. The number of nitrogens with two attached hydrogens (primary N) is 1. The second-order valence-electron chi connectivity index (χ2n) is 4.50. The molecule has 0 radical (unpaired) electrons. The number of hydrogen-bond acceptors (Lipinski definition) is 2. The number of ether oxygens (including phenoxy) is 1. The van der Waals surface area contributed by atoms with Crippen molar-refractivity contribution in [3.05, 3.63) is 59.9 Å². The first kappa shape index (κ1) is 14.8. The van der Waals surface area contributed by atoms with Crippen molar-refractivity contribution in [2.24, 2.45) is 10.7 Å². The Balaban J connectivity index is 1.84. The molecular formula is C16H18FN3O. The third kappa shape index (κ3) is 4.80. The van der Waals surface area contributed by atoms with Gasteiger partial charge in [-0.2, -0.15) is 0 Å². The first-order valence-corrected chi connectivity index (χ1v) is 6.63. The lowest BCUT2D eigenvalue weighted by molar-refractivity contribution is 0.415. The van der Waals surface area contributed by atoms with Crippen LogP contribution in [0.3, 0.4) is 0 Å². The van der Waals surface area contributed by atoms with Crippen LogP contribution in [0.2, 0.25) is 0 Å². The van der Waals surface area contributed by atoms with E-state index in [0.717, 1.165) is 17.0 Å². The zero-order valence-corrected chi connectivity index (χ0v) is 11.8. The summed E-state index contributed by atoms with van der Waals surface area (Å²) in [5, 5.41) is 3.00. The number of hydrogen-bond donors (Lipinski definition) is 2. The first-order chi connectivity index (χ1) is 10.2. The van der Waals surface area contributed by atoms with E-state index in [1.165, 1.54) is 12.1 Å². The molecule has 2 rings (SSSR count). The van der Waals surface area contributed by atoms with E-state index >= 15 is 0 Å². The minimum Gasteiger partial charge on any atom is -0.497 e. The van der Waals surface area contributed by atoms with Crippen LogP contribution < -0.4 is 15.8 Å². The molecule has 0 aliphatic carbocycles. The molecule has 0 spiro atoms. The molecule has 0 aliphatic heterocycles. The molecule has 0 saturated carbocycles. The molecular weight excluding hydrogens is 269 g/mol. The molecule has 0 amide bonds. The van der Waals surface area contributed by atoms with Gasteiger partial charge in [0.2, 0.25) is 0 Å². The lowest BCUT2D eigenvalue weighted by atomic mass is 10.1. The Labute approximate surface area is 123 Å². The van der Waals surface area contributed by atoms with Gasteiger partial charge in [-0.25, -0.2) is 4.39 Å². The fourth-order valence-electron chi connectivity index (χ4n) is 1.82. The van der Waals surface area contributed by atoms with Crippen LogP contribution in [0.4, 0.5) is 10.1 Å². The molecule has 110 valence electrons. The van der Waals surface area contributed by atoms with Crippen molar-refractivity contribution in [3.8, 4) is 5.75 Å². The normalized spacial score (nSPS) is 11.2. The Kier molecular flexibility index (Phi) is 5.15. The molecule has 5 heteroatoms. The number of methoxy groups -OCH3 is 1. The average Bonchev–Trinajstić information content (AvgIpc) is 2.50. The van der Waals surface area contributed by atoms with Crippen LogP contribution in [-0.4, -0.2) is 19.6 Å². The Morgan fingerprint density at radius 2 is 1.81 bits per heavy atom. The van der Waals surface area contributed by atoms with E-state index in [0.29, 0.717) is 18.9 Å². The SMILES string of the molecule is COc1ccc(NC(N)=NCCc2ccc(F)cc2)cc1. The minimum atomic E-state index is -0.233. The number of anilines is 1. The molecule has 0 aliphatic rings. The van der Waals surface area contributed by atoms with Gasteiger partial charge in [0.25, 0.3) is 0 Å². The predicted octanol–water partition coefficient (Wildman–Crippen LogP) is 2.80. The van der Waals surface area contributed by atoms with E-state index in [2.05, 4.69) is 10.3 Å². The molecule has 2 aromatic rings. The van der Waals surface area contributed by atoms with Crippen LogP contribution in [0, 0.1) is 5.82 Å². The number of nitrogens with one attached hydrogen (secondary N) is 1. The topological polar surface area (TPSA) is 59.6 Å². The summed E-state index contributed by atoms with van der Waals surface area (Å²) < 4.78 is 17.8. The summed E-state index contributed by atoms with van der Waals surface area (Å²) in [5.74, 6) is 0.901. The van der Waals surface area contributed by atoms with Gasteiger partial charge in [-0.3, -0.25) is 4.99 Å². The molecule has 0 bridgehead atoms. The Bertz CT molecular complexity index is 594. The largest absolute Gasteiger partial charge is 0.497 e. The Hall–Kier alpha value is -2.56. The van der Waals surface area contributed by atoms with Crippen molar-refractivity contribution < 1.29 is 9.13 Å². The second-order valence-corrected chi connectivity index (χ2v) is 4.50. The molecule has 3 N–H and O–H groups in total. The van der Waals surface area contributed by atoms with E-state index in [-0.39, 0.29) is 5.82 Å². The molecule has 2 aromatic carbocycles. The van der Waals surface area contributed by atoms with Gasteiger partial charge in [0, 0.05) is 12.2 Å². The fourth-order valence-corrected chi connectivity index (χ4v) is 1.82. The lowest BCUT2D eigenvalue weighted by Crippen LogP contribution is -2.23. The minimum absolute atomic E-state index is 0.233. The maximum atomic E-state index is 12.8. The highest BCUT2D eigenvalue weighted by atomic mass is 19.1. The molecule has 0 fully saturated rings. The van der Waals surface area contributed by atoms with E-state index in [1.807, 2.05) is 24.3 Å². The zero-order valence-electron chi connectivity index (χ0n) is 11.8. The molecule has 0 unspecified atom stereocenters. The number of nitrogens with zero attached hydrogens (tertiary/aromatic N) is 1. The molecule has 0 saturated heterocycles. The van der Waals surface area contributed by atoms with E-state index in [1.54, 1.807) is 19.2 Å². The van der Waals surface area contributed by atoms with E-state index in [4.69, 9.17) is 10.5 Å².